The Morgan fingerprint density at radius 2 is 2.18 bits per heavy atom. The molecule has 0 spiro atoms. The Kier molecular flexibility index (Phi) is 3.57. The van der Waals surface area contributed by atoms with Crippen LogP contribution in [0.2, 0.25) is 0 Å². The number of hydrogen-bond donors (Lipinski definition) is 0. The molecule has 0 N–H and O–H groups in total. The SMILES string of the molecule is CCC(C)c1csc(-c2cc(F)ccc2C)n1. The Morgan fingerprint density at radius 3 is 2.88 bits per heavy atom. The Balaban J connectivity index is 2.40. The van der Waals surface area contributed by atoms with Gasteiger partial charge in [0.2, 0.25) is 0 Å². The average Bonchev–Trinajstić information content (AvgIpc) is 2.80. The summed E-state index contributed by atoms with van der Waals surface area (Å²) in [6.45, 7) is 6.30. The average molecular weight is 249 g/mol. The first-order valence-corrected chi connectivity index (χ1v) is 6.71. The second-order valence-electron chi connectivity index (χ2n) is 4.35. The van der Waals surface area contributed by atoms with Crippen molar-refractivity contribution in [3.63, 3.8) is 0 Å². The number of halogens is 1. The van der Waals surface area contributed by atoms with Crippen molar-refractivity contribution in [2.75, 3.05) is 0 Å². The molecule has 0 saturated carbocycles. The minimum absolute atomic E-state index is 0.203. The molecular weight excluding hydrogens is 233 g/mol. The fraction of sp³-hybridized carbons (Fsp3) is 0.357. The van der Waals surface area contributed by atoms with Crippen LogP contribution in [0.4, 0.5) is 4.39 Å². The molecule has 0 fully saturated rings. The fourth-order valence-corrected chi connectivity index (χ4v) is 2.69. The maximum Gasteiger partial charge on any atom is 0.123 e. The second kappa shape index (κ2) is 4.96. The molecule has 1 aromatic carbocycles. The molecule has 2 rings (SSSR count). The summed E-state index contributed by atoms with van der Waals surface area (Å²) in [4.78, 5) is 4.61. The van der Waals surface area contributed by atoms with Gasteiger partial charge in [-0.3, -0.25) is 0 Å². The molecule has 1 unspecified atom stereocenters. The Bertz CT molecular complexity index is 519. The van der Waals surface area contributed by atoms with Gasteiger partial charge in [-0.05, 0) is 37.0 Å². The lowest BCUT2D eigenvalue weighted by atomic mass is 10.1. The normalized spacial score (nSPS) is 12.7. The fourth-order valence-electron chi connectivity index (χ4n) is 1.67. The summed E-state index contributed by atoms with van der Waals surface area (Å²) in [5.41, 5.74) is 3.08. The van der Waals surface area contributed by atoms with Gasteiger partial charge in [0.1, 0.15) is 10.8 Å². The van der Waals surface area contributed by atoms with Crippen LogP contribution >= 0.6 is 11.3 Å². The van der Waals surface area contributed by atoms with E-state index in [1.54, 1.807) is 23.5 Å². The molecule has 0 aliphatic rings. The first kappa shape index (κ1) is 12.2. The van der Waals surface area contributed by atoms with Crippen LogP contribution in [0.1, 0.15) is 37.4 Å². The van der Waals surface area contributed by atoms with Gasteiger partial charge in [-0.15, -0.1) is 11.3 Å². The summed E-state index contributed by atoms with van der Waals surface area (Å²) in [6.07, 6.45) is 1.07. The van der Waals surface area contributed by atoms with E-state index in [2.05, 4.69) is 24.2 Å². The number of hydrogen-bond acceptors (Lipinski definition) is 2. The molecule has 0 aliphatic carbocycles. The first-order valence-electron chi connectivity index (χ1n) is 5.83. The van der Waals surface area contributed by atoms with E-state index in [1.165, 1.54) is 6.07 Å². The molecule has 17 heavy (non-hydrogen) atoms. The second-order valence-corrected chi connectivity index (χ2v) is 5.20. The lowest BCUT2D eigenvalue weighted by Gasteiger charge is -2.04. The highest BCUT2D eigenvalue weighted by atomic mass is 32.1. The van der Waals surface area contributed by atoms with Gasteiger partial charge in [-0.2, -0.15) is 0 Å². The van der Waals surface area contributed by atoms with Gasteiger partial charge in [0.25, 0.3) is 0 Å². The Morgan fingerprint density at radius 1 is 1.41 bits per heavy atom. The van der Waals surface area contributed by atoms with Crippen LogP contribution < -0.4 is 0 Å². The van der Waals surface area contributed by atoms with Gasteiger partial charge in [0.05, 0.1) is 5.69 Å². The number of aromatic nitrogens is 1. The van der Waals surface area contributed by atoms with E-state index in [4.69, 9.17) is 0 Å². The zero-order valence-corrected chi connectivity index (χ0v) is 11.1. The van der Waals surface area contributed by atoms with E-state index in [9.17, 15) is 4.39 Å². The standard InChI is InChI=1S/C14H16FNS/c1-4-9(2)13-8-17-14(16-13)12-7-11(15)6-5-10(12)3/h5-9H,4H2,1-3H3. The smallest absolute Gasteiger partial charge is 0.123 e. The van der Waals surface area contributed by atoms with Crippen LogP contribution in [0.15, 0.2) is 23.6 Å². The predicted octanol–water partition coefficient (Wildman–Crippen LogP) is 4.77. The molecule has 90 valence electrons. The third-order valence-corrected chi connectivity index (χ3v) is 3.96. The highest BCUT2D eigenvalue weighted by molar-refractivity contribution is 7.13. The molecule has 0 radical (unpaired) electrons. The number of nitrogens with zero attached hydrogens (tertiary/aromatic N) is 1. The van der Waals surface area contributed by atoms with Crippen LogP contribution in [0, 0.1) is 12.7 Å². The van der Waals surface area contributed by atoms with Crippen molar-refractivity contribution in [2.24, 2.45) is 0 Å². The summed E-state index contributed by atoms with van der Waals surface area (Å²) >= 11 is 1.59. The van der Waals surface area contributed by atoms with Crippen LogP contribution in [0.25, 0.3) is 10.6 Å². The summed E-state index contributed by atoms with van der Waals surface area (Å²) in [5.74, 6) is 0.264. The topological polar surface area (TPSA) is 12.9 Å². The van der Waals surface area contributed by atoms with Crippen molar-refractivity contribution in [1.82, 2.24) is 4.98 Å². The van der Waals surface area contributed by atoms with Gasteiger partial charge in [0, 0.05) is 10.9 Å². The predicted molar refractivity (Wildman–Crippen MR) is 71.0 cm³/mol. The van der Waals surface area contributed by atoms with Gasteiger partial charge in [0.15, 0.2) is 0 Å². The van der Waals surface area contributed by atoms with Crippen LogP contribution in [-0.4, -0.2) is 4.98 Å². The van der Waals surface area contributed by atoms with E-state index in [0.717, 1.165) is 28.2 Å². The quantitative estimate of drug-likeness (QED) is 0.763. The number of thiazole rings is 1. The van der Waals surface area contributed by atoms with Gasteiger partial charge >= 0.3 is 0 Å². The summed E-state index contributed by atoms with van der Waals surface area (Å²) < 4.78 is 13.2. The van der Waals surface area contributed by atoms with Gasteiger partial charge in [-0.25, -0.2) is 9.37 Å². The molecule has 2 aromatic rings. The van der Waals surface area contributed by atoms with Crippen molar-refractivity contribution in [2.45, 2.75) is 33.1 Å². The molecule has 0 amide bonds. The molecule has 1 aromatic heterocycles. The summed E-state index contributed by atoms with van der Waals surface area (Å²) in [6, 6.07) is 4.85. The number of benzene rings is 1. The zero-order chi connectivity index (χ0) is 12.4. The summed E-state index contributed by atoms with van der Waals surface area (Å²) in [7, 11) is 0. The first-order chi connectivity index (χ1) is 8.11. The van der Waals surface area contributed by atoms with E-state index < -0.39 is 0 Å². The zero-order valence-electron chi connectivity index (χ0n) is 10.3. The third-order valence-electron chi connectivity index (χ3n) is 3.07. The highest BCUT2D eigenvalue weighted by Gasteiger charge is 2.11. The van der Waals surface area contributed by atoms with Crippen molar-refractivity contribution in [3.05, 3.63) is 40.7 Å². The maximum atomic E-state index is 13.2. The van der Waals surface area contributed by atoms with E-state index in [-0.39, 0.29) is 5.82 Å². The van der Waals surface area contributed by atoms with Crippen molar-refractivity contribution in [3.8, 4) is 10.6 Å². The number of aryl methyl sites for hydroxylation is 1. The lowest BCUT2D eigenvalue weighted by Crippen LogP contribution is -1.91. The molecule has 1 atom stereocenters. The van der Waals surface area contributed by atoms with E-state index in [0.29, 0.717) is 5.92 Å². The molecular formula is C14H16FNS. The molecule has 0 bridgehead atoms. The molecule has 0 aliphatic heterocycles. The monoisotopic (exact) mass is 249 g/mol. The molecule has 3 heteroatoms. The van der Waals surface area contributed by atoms with E-state index >= 15 is 0 Å². The molecule has 0 saturated heterocycles. The lowest BCUT2D eigenvalue weighted by molar-refractivity contribution is 0.628. The maximum absolute atomic E-state index is 13.2. The minimum atomic E-state index is -0.203. The van der Waals surface area contributed by atoms with Crippen molar-refractivity contribution in [1.29, 1.82) is 0 Å². The third kappa shape index (κ3) is 2.55. The van der Waals surface area contributed by atoms with Crippen LogP contribution in [0.5, 0.6) is 0 Å². The van der Waals surface area contributed by atoms with E-state index in [1.807, 2.05) is 6.92 Å². The highest BCUT2D eigenvalue weighted by Crippen LogP contribution is 2.30. The summed E-state index contributed by atoms with van der Waals surface area (Å²) in [5, 5.41) is 2.99. The van der Waals surface area contributed by atoms with Crippen LogP contribution in [0.3, 0.4) is 0 Å². The number of rotatable bonds is 3. The van der Waals surface area contributed by atoms with Crippen molar-refractivity contribution < 1.29 is 4.39 Å². The Hall–Kier alpha value is -1.22. The van der Waals surface area contributed by atoms with Gasteiger partial charge in [-0.1, -0.05) is 19.9 Å². The van der Waals surface area contributed by atoms with Crippen molar-refractivity contribution >= 4 is 11.3 Å². The largest absolute Gasteiger partial charge is 0.241 e. The van der Waals surface area contributed by atoms with Gasteiger partial charge < -0.3 is 0 Å². The minimum Gasteiger partial charge on any atom is -0.241 e. The molecule has 1 heterocycles. The van der Waals surface area contributed by atoms with Crippen LogP contribution in [-0.2, 0) is 0 Å². The molecule has 1 nitrogen and oxygen atoms in total. The Labute approximate surface area is 105 Å².